The molecule has 2 aromatic carbocycles. The van der Waals surface area contributed by atoms with E-state index >= 15 is 0 Å². The first-order valence-corrected chi connectivity index (χ1v) is 8.79. The summed E-state index contributed by atoms with van der Waals surface area (Å²) >= 11 is 0. The van der Waals surface area contributed by atoms with Crippen LogP contribution in [0.5, 0.6) is 0 Å². The first-order chi connectivity index (χ1) is 12.6. The number of hydrogen-bond donors (Lipinski definition) is 0. The van der Waals surface area contributed by atoms with Crippen molar-refractivity contribution in [2.45, 2.75) is 13.0 Å². The first-order valence-electron chi connectivity index (χ1n) is 8.79. The zero-order valence-electron chi connectivity index (χ0n) is 14.6. The van der Waals surface area contributed by atoms with Crippen molar-refractivity contribution in [3.05, 3.63) is 77.4 Å². The Morgan fingerprint density at radius 2 is 1.77 bits per heavy atom. The molecule has 3 rings (SSSR count). The van der Waals surface area contributed by atoms with Crippen LogP contribution in [-0.4, -0.2) is 41.9 Å². The lowest BCUT2D eigenvalue weighted by molar-refractivity contribution is -0.125. The van der Waals surface area contributed by atoms with Crippen LogP contribution in [-0.2, 0) is 11.3 Å². The second-order valence-corrected chi connectivity index (χ2v) is 6.47. The molecule has 0 aromatic heterocycles. The molecule has 1 fully saturated rings. The van der Waals surface area contributed by atoms with Crippen LogP contribution in [0.15, 0.2) is 54.6 Å². The molecule has 0 bridgehead atoms. The topological polar surface area (TPSA) is 23.6 Å². The van der Waals surface area contributed by atoms with Gasteiger partial charge < -0.3 is 4.90 Å². The Kier molecular flexibility index (Phi) is 6.12. The molecule has 0 radical (unpaired) electrons. The van der Waals surface area contributed by atoms with Crippen molar-refractivity contribution in [1.29, 1.82) is 0 Å². The average molecular weight is 356 g/mol. The Morgan fingerprint density at radius 3 is 2.54 bits per heavy atom. The van der Waals surface area contributed by atoms with Gasteiger partial charge in [-0.3, -0.25) is 9.69 Å². The van der Waals surface area contributed by atoms with E-state index in [2.05, 4.69) is 4.90 Å². The Bertz CT molecular complexity index is 774. The maximum Gasteiger partial charge on any atom is 0.246 e. The van der Waals surface area contributed by atoms with Crippen LogP contribution in [0.25, 0.3) is 6.08 Å². The van der Waals surface area contributed by atoms with E-state index in [1.165, 1.54) is 30.3 Å². The summed E-state index contributed by atoms with van der Waals surface area (Å²) in [6.07, 6.45) is 4.04. The van der Waals surface area contributed by atoms with Gasteiger partial charge in [0.1, 0.15) is 11.6 Å². The van der Waals surface area contributed by atoms with E-state index < -0.39 is 0 Å². The van der Waals surface area contributed by atoms with E-state index in [4.69, 9.17) is 0 Å². The SMILES string of the molecule is O=C(/C=C/c1cccc(F)c1)N1CCCN(Cc2ccc(F)cc2)CC1. The molecule has 3 nitrogen and oxygen atoms in total. The largest absolute Gasteiger partial charge is 0.338 e. The molecule has 0 saturated carbocycles. The minimum atomic E-state index is -0.314. The van der Waals surface area contributed by atoms with Gasteiger partial charge in [-0.25, -0.2) is 8.78 Å². The molecule has 136 valence electrons. The van der Waals surface area contributed by atoms with Gasteiger partial charge in [-0.15, -0.1) is 0 Å². The van der Waals surface area contributed by atoms with Crippen molar-refractivity contribution in [3.63, 3.8) is 0 Å². The van der Waals surface area contributed by atoms with Crippen LogP contribution in [0, 0.1) is 11.6 Å². The number of amides is 1. The van der Waals surface area contributed by atoms with Gasteiger partial charge in [0.05, 0.1) is 0 Å². The normalized spacial score (nSPS) is 16.0. The number of halogens is 2. The predicted octanol–water partition coefficient (Wildman–Crippen LogP) is 3.71. The quantitative estimate of drug-likeness (QED) is 0.780. The average Bonchev–Trinajstić information content (AvgIpc) is 2.87. The van der Waals surface area contributed by atoms with Crippen LogP contribution in [0.1, 0.15) is 17.5 Å². The standard InChI is InChI=1S/C21H22F2N2O/c22-19-8-5-18(6-9-19)16-24-11-2-12-25(14-13-24)21(26)10-7-17-3-1-4-20(23)15-17/h1,3-10,15H,2,11-14,16H2/b10-7+. The molecule has 1 heterocycles. The lowest BCUT2D eigenvalue weighted by Gasteiger charge is -2.21. The number of nitrogens with zero attached hydrogens (tertiary/aromatic N) is 2. The molecule has 0 atom stereocenters. The molecule has 1 aliphatic heterocycles. The molecule has 1 amide bonds. The summed E-state index contributed by atoms with van der Waals surface area (Å²) in [6, 6.07) is 12.7. The predicted molar refractivity (Wildman–Crippen MR) is 98.3 cm³/mol. The van der Waals surface area contributed by atoms with Crippen molar-refractivity contribution < 1.29 is 13.6 Å². The summed E-state index contributed by atoms with van der Waals surface area (Å²) in [6.45, 7) is 3.77. The number of rotatable bonds is 4. The van der Waals surface area contributed by atoms with Crippen LogP contribution >= 0.6 is 0 Å². The van der Waals surface area contributed by atoms with Crippen LogP contribution in [0.2, 0.25) is 0 Å². The highest BCUT2D eigenvalue weighted by molar-refractivity contribution is 5.91. The highest BCUT2D eigenvalue weighted by Gasteiger charge is 2.17. The molecular weight excluding hydrogens is 334 g/mol. The Morgan fingerprint density at radius 1 is 0.962 bits per heavy atom. The molecule has 1 saturated heterocycles. The molecule has 0 aliphatic carbocycles. The minimum absolute atomic E-state index is 0.0575. The Labute approximate surface area is 152 Å². The second kappa shape index (κ2) is 8.72. The molecule has 26 heavy (non-hydrogen) atoms. The van der Waals surface area contributed by atoms with Gasteiger partial charge in [0.25, 0.3) is 0 Å². The van der Waals surface area contributed by atoms with Crippen molar-refractivity contribution in [2.75, 3.05) is 26.2 Å². The van der Waals surface area contributed by atoms with Gasteiger partial charge in [0.2, 0.25) is 5.91 Å². The highest BCUT2D eigenvalue weighted by Crippen LogP contribution is 2.11. The fourth-order valence-electron chi connectivity index (χ4n) is 3.08. The third kappa shape index (κ3) is 5.23. The number of carbonyl (C=O) groups excluding carboxylic acids is 1. The van der Waals surface area contributed by atoms with Crippen molar-refractivity contribution in [3.8, 4) is 0 Å². The van der Waals surface area contributed by atoms with Crippen molar-refractivity contribution in [1.82, 2.24) is 9.80 Å². The van der Waals surface area contributed by atoms with Gasteiger partial charge in [-0.1, -0.05) is 24.3 Å². The number of benzene rings is 2. The second-order valence-electron chi connectivity index (χ2n) is 6.47. The third-order valence-electron chi connectivity index (χ3n) is 4.49. The lowest BCUT2D eigenvalue weighted by Crippen LogP contribution is -2.34. The van der Waals surface area contributed by atoms with Crippen LogP contribution in [0.3, 0.4) is 0 Å². The summed E-state index contributed by atoms with van der Waals surface area (Å²) < 4.78 is 26.2. The van der Waals surface area contributed by atoms with Gasteiger partial charge in [-0.2, -0.15) is 0 Å². The zero-order valence-corrected chi connectivity index (χ0v) is 14.6. The molecule has 0 spiro atoms. The summed E-state index contributed by atoms with van der Waals surface area (Å²) in [5.74, 6) is -0.602. The Hall–Kier alpha value is -2.53. The maximum absolute atomic E-state index is 13.2. The van der Waals surface area contributed by atoms with E-state index in [-0.39, 0.29) is 17.5 Å². The summed E-state index contributed by atoms with van der Waals surface area (Å²) in [4.78, 5) is 16.5. The summed E-state index contributed by atoms with van der Waals surface area (Å²) in [5.41, 5.74) is 1.74. The van der Waals surface area contributed by atoms with E-state index in [0.717, 1.165) is 31.6 Å². The number of carbonyl (C=O) groups is 1. The molecule has 1 aliphatic rings. The molecule has 0 unspecified atom stereocenters. The summed E-state index contributed by atoms with van der Waals surface area (Å²) in [7, 11) is 0. The fraction of sp³-hybridized carbons (Fsp3) is 0.286. The smallest absolute Gasteiger partial charge is 0.246 e. The van der Waals surface area contributed by atoms with Gasteiger partial charge >= 0.3 is 0 Å². The van der Waals surface area contributed by atoms with E-state index in [1.807, 2.05) is 4.90 Å². The molecule has 0 N–H and O–H groups in total. The van der Waals surface area contributed by atoms with Crippen LogP contribution < -0.4 is 0 Å². The zero-order chi connectivity index (χ0) is 18.4. The summed E-state index contributed by atoms with van der Waals surface area (Å²) in [5, 5.41) is 0. The van der Waals surface area contributed by atoms with Crippen LogP contribution in [0.4, 0.5) is 8.78 Å². The van der Waals surface area contributed by atoms with Gasteiger partial charge in [0, 0.05) is 38.8 Å². The monoisotopic (exact) mass is 356 g/mol. The molecule has 5 heteroatoms. The van der Waals surface area contributed by atoms with Gasteiger partial charge in [-0.05, 0) is 47.9 Å². The maximum atomic E-state index is 13.2. The van der Waals surface area contributed by atoms with Crippen molar-refractivity contribution in [2.24, 2.45) is 0 Å². The molecule has 2 aromatic rings. The minimum Gasteiger partial charge on any atom is -0.338 e. The van der Waals surface area contributed by atoms with Gasteiger partial charge in [0.15, 0.2) is 0 Å². The van der Waals surface area contributed by atoms with E-state index in [9.17, 15) is 13.6 Å². The van der Waals surface area contributed by atoms with E-state index in [1.54, 1.807) is 30.3 Å². The number of hydrogen-bond acceptors (Lipinski definition) is 2. The molecular formula is C21H22F2N2O. The van der Waals surface area contributed by atoms with E-state index in [0.29, 0.717) is 18.7 Å². The highest BCUT2D eigenvalue weighted by atomic mass is 19.1. The Balaban J connectivity index is 1.54. The lowest BCUT2D eigenvalue weighted by atomic mass is 10.2. The first kappa shape index (κ1) is 18.3. The fourth-order valence-corrected chi connectivity index (χ4v) is 3.08. The third-order valence-corrected chi connectivity index (χ3v) is 4.49. The van der Waals surface area contributed by atoms with Crippen molar-refractivity contribution >= 4 is 12.0 Å².